The standard InChI is InChI=1S/C14H13N3O2/c15-12-6-3-5-10(8-12)14(19)17-16-9-11-4-1-2-7-13(11)18/h1-9,18H,15H2,(H,17,19)/b16-9+. The van der Waals surface area contributed by atoms with Gasteiger partial charge in [0.1, 0.15) is 5.75 Å². The number of phenolic OH excluding ortho intramolecular Hbond substituents is 1. The third-order valence-corrected chi connectivity index (χ3v) is 2.46. The lowest BCUT2D eigenvalue weighted by molar-refractivity contribution is 0.0955. The summed E-state index contributed by atoms with van der Waals surface area (Å²) in [6, 6.07) is 13.3. The van der Waals surface area contributed by atoms with Crippen LogP contribution in [-0.2, 0) is 0 Å². The van der Waals surface area contributed by atoms with Crippen LogP contribution in [0.3, 0.4) is 0 Å². The number of anilines is 1. The van der Waals surface area contributed by atoms with Crippen LogP contribution in [0, 0.1) is 0 Å². The Bertz CT molecular complexity index is 624. The molecule has 0 fully saturated rings. The number of benzene rings is 2. The van der Waals surface area contributed by atoms with Gasteiger partial charge in [-0.2, -0.15) is 5.10 Å². The Morgan fingerprint density at radius 1 is 1.21 bits per heavy atom. The number of nitrogen functional groups attached to an aromatic ring is 1. The highest BCUT2D eigenvalue weighted by Gasteiger charge is 2.03. The van der Waals surface area contributed by atoms with Crippen molar-refractivity contribution in [3.63, 3.8) is 0 Å². The third kappa shape index (κ3) is 3.32. The van der Waals surface area contributed by atoms with Gasteiger partial charge in [-0.25, -0.2) is 5.43 Å². The molecule has 0 saturated heterocycles. The van der Waals surface area contributed by atoms with Crippen LogP contribution in [0.25, 0.3) is 0 Å². The van der Waals surface area contributed by atoms with E-state index in [9.17, 15) is 9.90 Å². The molecule has 1 amide bonds. The Kier molecular flexibility index (Phi) is 3.78. The van der Waals surface area contributed by atoms with Crippen LogP contribution in [0.5, 0.6) is 5.75 Å². The Labute approximate surface area is 110 Å². The van der Waals surface area contributed by atoms with Gasteiger partial charge in [0.05, 0.1) is 6.21 Å². The van der Waals surface area contributed by atoms with Crippen LogP contribution in [0.4, 0.5) is 5.69 Å². The zero-order valence-electron chi connectivity index (χ0n) is 10.1. The van der Waals surface area contributed by atoms with Crippen molar-refractivity contribution in [3.8, 4) is 5.75 Å². The van der Waals surface area contributed by atoms with E-state index < -0.39 is 0 Å². The predicted octanol–water partition coefficient (Wildman–Crippen LogP) is 1.74. The largest absolute Gasteiger partial charge is 0.507 e. The van der Waals surface area contributed by atoms with Gasteiger partial charge in [-0.15, -0.1) is 0 Å². The molecule has 4 N–H and O–H groups in total. The maximum absolute atomic E-state index is 11.7. The molecule has 0 radical (unpaired) electrons. The van der Waals surface area contributed by atoms with Crippen molar-refractivity contribution >= 4 is 17.8 Å². The number of amides is 1. The number of carbonyl (C=O) groups excluding carboxylic acids is 1. The van der Waals surface area contributed by atoms with E-state index in [-0.39, 0.29) is 11.7 Å². The number of nitrogens with zero attached hydrogens (tertiary/aromatic N) is 1. The molecular formula is C14H13N3O2. The molecule has 5 heteroatoms. The van der Waals surface area contributed by atoms with Gasteiger partial charge in [0.15, 0.2) is 0 Å². The number of hydrogen-bond donors (Lipinski definition) is 3. The highest BCUT2D eigenvalue weighted by molar-refractivity contribution is 5.95. The van der Waals surface area contributed by atoms with Gasteiger partial charge >= 0.3 is 0 Å². The van der Waals surface area contributed by atoms with E-state index >= 15 is 0 Å². The lowest BCUT2D eigenvalue weighted by Crippen LogP contribution is -2.17. The van der Waals surface area contributed by atoms with E-state index in [0.29, 0.717) is 16.8 Å². The average Bonchev–Trinajstić information content (AvgIpc) is 2.41. The number of aromatic hydroxyl groups is 1. The first kappa shape index (κ1) is 12.6. The van der Waals surface area contributed by atoms with Gasteiger partial charge < -0.3 is 10.8 Å². The van der Waals surface area contributed by atoms with Gasteiger partial charge in [-0.1, -0.05) is 18.2 Å². The van der Waals surface area contributed by atoms with Gasteiger partial charge in [0, 0.05) is 16.8 Å². The van der Waals surface area contributed by atoms with Crippen LogP contribution in [0.15, 0.2) is 53.6 Å². The molecule has 2 aromatic rings. The second kappa shape index (κ2) is 5.68. The van der Waals surface area contributed by atoms with Gasteiger partial charge in [-0.3, -0.25) is 4.79 Å². The van der Waals surface area contributed by atoms with Crippen LogP contribution >= 0.6 is 0 Å². The number of phenols is 1. The molecule has 0 unspecified atom stereocenters. The normalized spacial score (nSPS) is 10.5. The molecule has 0 heterocycles. The summed E-state index contributed by atoms with van der Waals surface area (Å²) in [5, 5.41) is 13.3. The lowest BCUT2D eigenvalue weighted by atomic mass is 10.2. The number of nitrogens with one attached hydrogen (secondary N) is 1. The zero-order chi connectivity index (χ0) is 13.7. The Morgan fingerprint density at radius 2 is 2.00 bits per heavy atom. The average molecular weight is 255 g/mol. The fourth-order valence-electron chi connectivity index (χ4n) is 1.50. The molecule has 0 spiro atoms. The summed E-state index contributed by atoms with van der Waals surface area (Å²) in [6.07, 6.45) is 1.37. The number of hydrazone groups is 1. The molecule has 0 saturated carbocycles. The summed E-state index contributed by atoms with van der Waals surface area (Å²) in [7, 11) is 0. The molecule has 0 bridgehead atoms. The fourth-order valence-corrected chi connectivity index (χ4v) is 1.50. The highest BCUT2D eigenvalue weighted by atomic mass is 16.3. The molecule has 0 aliphatic carbocycles. The van der Waals surface area contributed by atoms with Crippen molar-refractivity contribution in [2.45, 2.75) is 0 Å². The Balaban J connectivity index is 2.03. The molecular weight excluding hydrogens is 242 g/mol. The van der Waals surface area contributed by atoms with E-state index in [4.69, 9.17) is 5.73 Å². The molecule has 0 aromatic heterocycles. The second-order valence-electron chi connectivity index (χ2n) is 3.88. The van der Waals surface area contributed by atoms with Gasteiger partial charge in [-0.05, 0) is 30.3 Å². The molecule has 2 rings (SSSR count). The van der Waals surface area contributed by atoms with E-state index in [1.165, 1.54) is 6.21 Å². The zero-order valence-corrected chi connectivity index (χ0v) is 10.1. The number of hydrogen-bond acceptors (Lipinski definition) is 4. The molecule has 19 heavy (non-hydrogen) atoms. The van der Waals surface area contributed by atoms with Crippen molar-refractivity contribution < 1.29 is 9.90 Å². The van der Waals surface area contributed by atoms with Gasteiger partial charge in [0.25, 0.3) is 5.91 Å². The fraction of sp³-hybridized carbons (Fsp3) is 0. The van der Waals surface area contributed by atoms with Crippen molar-refractivity contribution in [2.75, 3.05) is 5.73 Å². The monoisotopic (exact) mass is 255 g/mol. The quantitative estimate of drug-likeness (QED) is 0.443. The third-order valence-electron chi connectivity index (χ3n) is 2.46. The molecule has 0 atom stereocenters. The molecule has 0 aliphatic heterocycles. The van der Waals surface area contributed by atoms with Crippen LogP contribution in [-0.4, -0.2) is 17.2 Å². The van der Waals surface area contributed by atoms with Crippen molar-refractivity contribution in [3.05, 3.63) is 59.7 Å². The van der Waals surface area contributed by atoms with Crippen molar-refractivity contribution in [1.29, 1.82) is 0 Å². The first-order valence-corrected chi connectivity index (χ1v) is 5.64. The van der Waals surface area contributed by atoms with Crippen LogP contribution in [0.1, 0.15) is 15.9 Å². The summed E-state index contributed by atoms with van der Waals surface area (Å²) >= 11 is 0. The summed E-state index contributed by atoms with van der Waals surface area (Å²) < 4.78 is 0. The maximum Gasteiger partial charge on any atom is 0.271 e. The van der Waals surface area contributed by atoms with E-state index in [2.05, 4.69) is 10.5 Å². The lowest BCUT2D eigenvalue weighted by Gasteiger charge is -2.01. The van der Waals surface area contributed by atoms with Crippen molar-refractivity contribution in [2.24, 2.45) is 5.10 Å². The number of rotatable bonds is 3. The number of nitrogens with two attached hydrogens (primary N) is 1. The molecule has 96 valence electrons. The molecule has 0 aliphatic rings. The maximum atomic E-state index is 11.7. The minimum atomic E-state index is -0.362. The second-order valence-corrected chi connectivity index (χ2v) is 3.88. The Morgan fingerprint density at radius 3 is 2.74 bits per heavy atom. The topological polar surface area (TPSA) is 87.7 Å². The van der Waals surface area contributed by atoms with E-state index in [1.54, 1.807) is 48.5 Å². The summed E-state index contributed by atoms with van der Waals surface area (Å²) in [4.78, 5) is 11.7. The minimum absolute atomic E-state index is 0.101. The molecule has 2 aromatic carbocycles. The number of para-hydroxylation sites is 1. The first-order chi connectivity index (χ1) is 9.16. The van der Waals surface area contributed by atoms with Crippen molar-refractivity contribution in [1.82, 2.24) is 5.43 Å². The summed E-state index contributed by atoms with van der Waals surface area (Å²) in [6.45, 7) is 0. The van der Waals surface area contributed by atoms with E-state index in [1.807, 2.05) is 0 Å². The smallest absolute Gasteiger partial charge is 0.271 e. The Hall–Kier alpha value is -2.82. The van der Waals surface area contributed by atoms with E-state index in [0.717, 1.165) is 0 Å². The molecule has 5 nitrogen and oxygen atoms in total. The SMILES string of the molecule is Nc1cccc(C(=O)N/N=C/c2ccccc2O)c1. The highest BCUT2D eigenvalue weighted by Crippen LogP contribution is 2.12. The van der Waals surface area contributed by atoms with Crippen LogP contribution < -0.4 is 11.2 Å². The van der Waals surface area contributed by atoms with Crippen LogP contribution in [0.2, 0.25) is 0 Å². The summed E-state index contributed by atoms with van der Waals surface area (Å²) in [5.74, 6) is -0.261. The minimum Gasteiger partial charge on any atom is -0.507 e. The first-order valence-electron chi connectivity index (χ1n) is 5.64. The summed E-state index contributed by atoms with van der Waals surface area (Å²) in [5.41, 5.74) is 9.41. The van der Waals surface area contributed by atoms with Gasteiger partial charge in [0.2, 0.25) is 0 Å². The number of carbonyl (C=O) groups is 1. The predicted molar refractivity (Wildman–Crippen MR) is 74.0 cm³/mol.